The summed E-state index contributed by atoms with van der Waals surface area (Å²) in [5.74, 6) is -3.17. The number of hydrogen-bond acceptors (Lipinski definition) is 7. The molecule has 16 heteroatoms. The zero-order valence-electron chi connectivity index (χ0n) is 23.9. The fraction of sp³-hybridized carbons (Fsp3) is 0.333. The smallest absolute Gasteiger partial charge is 0.424 e. The average molecular weight is 666 g/mol. The third-order valence-corrected chi connectivity index (χ3v) is 8.53. The van der Waals surface area contributed by atoms with Gasteiger partial charge in [-0.25, -0.2) is 13.8 Å². The van der Waals surface area contributed by atoms with E-state index in [1.807, 2.05) is 0 Å². The van der Waals surface area contributed by atoms with E-state index in [1.165, 1.54) is 19.2 Å². The number of aromatic nitrogens is 3. The van der Waals surface area contributed by atoms with Crippen molar-refractivity contribution in [2.75, 3.05) is 26.9 Å². The summed E-state index contributed by atoms with van der Waals surface area (Å²) in [7, 11) is 1.35. The number of fused-ring (bicyclic) bond motifs is 2. The Morgan fingerprint density at radius 2 is 1.98 bits per heavy atom. The molecular formula is C30H25ClF5N5O5. The van der Waals surface area contributed by atoms with Crippen LogP contribution in [0.25, 0.3) is 22.2 Å². The standard InChI is InChI=1S/C30H25ClF5N5O5/c1-45-21-8-15(6-16-10-41(17-3-4-17)40-23(16)21)26(42)38-12-29(44,30(34,35)36)22-9-18-25(46-13-28(18,11-32)27(37)43)24(39-22)14-2-5-20(33)19(31)7-14/h2,5-10,17,44H,3-4,11-13H2,1H3,(H2,37,43)(H,38,42). The van der Waals surface area contributed by atoms with Gasteiger partial charge in [-0.1, -0.05) is 11.6 Å². The van der Waals surface area contributed by atoms with Crippen LogP contribution in [0.5, 0.6) is 11.5 Å². The van der Waals surface area contributed by atoms with Gasteiger partial charge >= 0.3 is 6.18 Å². The van der Waals surface area contributed by atoms with Crippen LogP contribution < -0.4 is 20.5 Å². The van der Waals surface area contributed by atoms with Gasteiger partial charge in [-0.15, -0.1) is 0 Å². The summed E-state index contributed by atoms with van der Waals surface area (Å²) in [5.41, 5.74) is -2.25. The highest BCUT2D eigenvalue weighted by atomic mass is 35.5. The molecule has 0 saturated heterocycles. The molecule has 242 valence electrons. The van der Waals surface area contributed by atoms with E-state index in [2.05, 4.69) is 15.4 Å². The van der Waals surface area contributed by atoms with Crippen molar-refractivity contribution in [1.82, 2.24) is 20.1 Å². The van der Waals surface area contributed by atoms with Crippen molar-refractivity contribution in [2.24, 2.45) is 5.73 Å². The summed E-state index contributed by atoms with van der Waals surface area (Å²) >= 11 is 5.90. The molecule has 1 aliphatic heterocycles. The highest BCUT2D eigenvalue weighted by Crippen LogP contribution is 2.48. The number of nitrogens with two attached hydrogens (primary N) is 1. The lowest BCUT2D eigenvalue weighted by atomic mass is 9.81. The molecule has 1 aliphatic carbocycles. The number of methoxy groups -OCH3 is 1. The van der Waals surface area contributed by atoms with Crippen LogP contribution in [0, 0.1) is 5.82 Å². The van der Waals surface area contributed by atoms with Crippen LogP contribution in [0.2, 0.25) is 5.02 Å². The highest BCUT2D eigenvalue weighted by Gasteiger charge is 2.58. The second-order valence-corrected chi connectivity index (χ2v) is 11.6. The number of halogens is 6. The molecule has 2 atom stereocenters. The Morgan fingerprint density at radius 1 is 1.24 bits per heavy atom. The molecule has 4 aromatic rings. The first kappa shape index (κ1) is 31.5. The van der Waals surface area contributed by atoms with Crippen molar-refractivity contribution in [1.29, 1.82) is 0 Å². The zero-order valence-corrected chi connectivity index (χ0v) is 24.7. The van der Waals surface area contributed by atoms with E-state index in [1.54, 1.807) is 10.9 Å². The number of carbonyl (C=O) groups is 2. The molecule has 2 unspecified atom stereocenters. The molecule has 2 aliphatic rings. The summed E-state index contributed by atoms with van der Waals surface area (Å²) in [5, 5.41) is 17.9. The number of primary amides is 1. The van der Waals surface area contributed by atoms with Crippen molar-refractivity contribution in [3.8, 4) is 22.8 Å². The monoisotopic (exact) mass is 665 g/mol. The van der Waals surface area contributed by atoms with Gasteiger partial charge in [0.2, 0.25) is 11.5 Å². The molecule has 2 aromatic heterocycles. The van der Waals surface area contributed by atoms with Crippen LogP contribution in [-0.2, 0) is 15.8 Å². The van der Waals surface area contributed by atoms with Gasteiger partial charge < -0.3 is 25.6 Å². The van der Waals surface area contributed by atoms with E-state index < -0.39 is 76.6 Å². The van der Waals surface area contributed by atoms with Gasteiger partial charge in [0.05, 0.1) is 30.4 Å². The highest BCUT2D eigenvalue weighted by molar-refractivity contribution is 6.31. The predicted octanol–water partition coefficient (Wildman–Crippen LogP) is 4.50. The zero-order chi connectivity index (χ0) is 33.2. The Hall–Kier alpha value is -4.50. The molecule has 1 fully saturated rings. The van der Waals surface area contributed by atoms with E-state index in [4.69, 9.17) is 26.8 Å². The number of nitrogens with zero attached hydrogens (tertiary/aromatic N) is 3. The minimum atomic E-state index is -5.48. The Morgan fingerprint density at radius 3 is 2.59 bits per heavy atom. The van der Waals surface area contributed by atoms with Crippen LogP contribution in [-0.4, -0.2) is 64.8 Å². The SMILES string of the molecule is COc1cc(C(=O)NCC(O)(c2cc3c(c(-c4ccc(F)c(Cl)c4)n2)OCC3(CF)C(N)=O)C(F)(F)F)cc2cn(C3CC3)nc12. The quantitative estimate of drug-likeness (QED) is 0.224. The molecule has 2 amide bonds. The van der Waals surface area contributed by atoms with Crippen molar-refractivity contribution < 1.29 is 46.1 Å². The minimum Gasteiger partial charge on any atom is -0.494 e. The number of ether oxygens (including phenoxy) is 2. The lowest BCUT2D eigenvalue weighted by Gasteiger charge is -2.31. The molecule has 4 N–H and O–H groups in total. The van der Waals surface area contributed by atoms with Crippen LogP contribution in [0.15, 0.2) is 42.6 Å². The lowest BCUT2D eigenvalue weighted by molar-refractivity contribution is -0.265. The molecule has 0 radical (unpaired) electrons. The number of amides is 2. The fourth-order valence-corrected chi connectivity index (χ4v) is 5.50. The second-order valence-electron chi connectivity index (χ2n) is 11.2. The molecule has 1 saturated carbocycles. The van der Waals surface area contributed by atoms with Gasteiger partial charge in [-0.05, 0) is 49.2 Å². The van der Waals surface area contributed by atoms with Crippen molar-refractivity contribution >= 4 is 34.3 Å². The van der Waals surface area contributed by atoms with Gasteiger partial charge in [-0.3, -0.25) is 14.3 Å². The maximum atomic E-state index is 14.8. The normalized spacial score (nSPS) is 19.0. The van der Waals surface area contributed by atoms with Crippen LogP contribution in [0.4, 0.5) is 22.0 Å². The first-order valence-electron chi connectivity index (χ1n) is 13.9. The first-order chi connectivity index (χ1) is 21.7. The molecule has 2 aromatic carbocycles. The number of alkyl halides is 4. The second kappa shape index (κ2) is 11.1. The first-order valence-corrected chi connectivity index (χ1v) is 14.2. The van der Waals surface area contributed by atoms with E-state index in [9.17, 15) is 36.6 Å². The largest absolute Gasteiger partial charge is 0.494 e. The lowest BCUT2D eigenvalue weighted by Crippen LogP contribution is -2.52. The molecule has 3 heterocycles. The Balaban J connectivity index is 1.42. The van der Waals surface area contributed by atoms with Crippen molar-refractivity contribution in [3.63, 3.8) is 0 Å². The van der Waals surface area contributed by atoms with E-state index >= 15 is 0 Å². The molecule has 0 spiro atoms. The Labute approximate surface area is 262 Å². The van der Waals surface area contributed by atoms with Crippen LogP contribution >= 0.6 is 11.6 Å². The number of benzene rings is 2. The van der Waals surface area contributed by atoms with Crippen molar-refractivity contribution in [3.05, 3.63) is 70.3 Å². The summed E-state index contributed by atoms with van der Waals surface area (Å²) in [6.45, 7) is -3.58. The molecule has 6 rings (SSSR count). The summed E-state index contributed by atoms with van der Waals surface area (Å²) in [6.07, 6.45) is -1.90. The molecule has 10 nitrogen and oxygen atoms in total. The third kappa shape index (κ3) is 5.07. The summed E-state index contributed by atoms with van der Waals surface area (Å²) in [6, 6.07) is 6.69. The number of carbonyl (C=O) groups excluding carboxylic acids is 2. The van der Waals surface area contributed by atoms with Crippen LogP contribution in [0.1, 0.15) is 40.5 Å². The Kier molecular flexibility index (Phi) is 7.59. The number of nitrogens with one attached hydrogen (secondary N) is 1. The number of rotatable bonds is 9. The maximum absolute atomic E-state index is 14.8. The minimum absolute atomic E-state index is 0.0654. The average Bonchev–Trinajstić information content (AvgIpc) is 3.66. The Bertz CT molecular complexity index is 1900. The maximum Gasteiger partial charge on any atom is 0.424 e. The van der Waals surface area contributed by atoms with E-state index in [-0.39, 0.29) is 28.7 Å². The molecule has 0 bridgehead atoms. The topological polar surface area (TPSA) is 142 Å². The summed E-state index contributed by atoms with van der Waals surface area (Å²) in [4.78, 5) is 29.7. The molecular weight excluding hydrogens is 641 g/mol. The van der Waals surface area contributed by atoms with Gasteiger partial charge in [0, 0.05) is 28.3 Å². The van der Waals surface area contributed by atoms with Gasteiger partial charge in [0.15, 0.2) is 0 Å². The predicted molar refractivity (Wildman–Crippen MR) is 154 cm³/mol. The molecule has 46 heavy (non-hydrogen) atoms. The number of aliphatic hydroxyl groups is 1. The number of pyridine rings is 1. The summed E-state index contributed by atoms with van der Waals surface area (Å²) < 4.78 is 85.2. The van der Waals surface area contributed by atoms with Crippen molar-refractivity contribution in [2.45, 2.75) is 36.1 Å². The van der Waals surface area contributed by atoms with Gasteiger partial charge in [0.25, 0.3) is 5.91 Å². The number of hydrogen-bond donors (Lipinski definition) is 3. The third-order valence-electron chi connectivity index (χ3n) is 8.24. The van der Waals surface area contributed by atoms with E-state index in [0.29, 0.717) is 17.0 Å². The van der Waals surface area contributed by atoms with Gasteiger partial charge in [-0.2, -0.15) is 18.3 Å². The van der Waals surface area contributed by atoms with E-state index in [0.717, 1.165) is 31.0 Å². The van der Waals surface area contributed by atoms with Gasteiger partial charge in [0.1, 0.15) is 47.2 Å². The van der Waals surface area contributed by atoms with Crippen LogP contribution in [0.3, 0.4) is 0 Å². The fourth-order valence-electron chi connectivity index (χ4n) is 5.32.